The summed E-state index contributed by atoms with van der Waals surface area (Å²) in [6.45, 7) is 1.37. The van der Waals surface area contributed by atoms with Crippen molar-refractivity contribution in [3.05, 3.63) is 53.9 Å². The monoisotopic (exact) mass is 353 g/mol. The lowest BCUT2D eigenvalue weighted by atomic mass is 9.93. The smallest absolute Gasteiger partial charge is 0.270 e. The Balaban J connectivity index is 1.49. The van der Waals surface area contributed by atoms with Crippen molar-refractivity contribution < 1.29 is 9.18 Å². The van der Waals surface area contributed by atoms with Crippen molar-refractivity contribution in [2.75, 3.05) is 18.8 Å². The quantitative estimate of drug-likeness (QED) is 0.758. The molecule has 6 nitrogen and oxygen atoms in total. The highest BCUT2D eigenvalue weighted by molar-refractivity contribution is 5.98. The third-order valence-corrected chi connectivity index (χ3v) is 4.91. The number of anilines is 1. The first-order chi connectivity index (χ1) is 12.6. The molecule has 1 aromatic carbocycles. The molecular formula is C19H20FN5O. The molecule has 1 fully saturated rings. The summed E-state index contributed by atoms with van der Waals surface area (Å²) in [4.78, 5) is 26.1. The molecule has 3 N–H and O–H groups in total. The number of amides is 1. The Hall–Kier alpha value is -2.96. The molecule has 0 radical (unpaired) electrons. The molecule has 0 saturated carbocycles. The number of piperidine rings is 1. The van der Waals surface area contributed by atoms with E-state index in [1.54, 1.807) is 24.5 Å². The van der Waals surface area contributed by atoms with Crippen LogP contribution in [0.3, 0.4) is 0 Å². The minimum absolute atomic E-state index is 0.0570. The molecule has 3 aromatic rings. The first-order valence-electron chi connectivity index (χ1n) is 8.73. The van der Waals surface area contributed by atoms with Gasteiger partial charge in [0.05, 0.1) is 5.69 Å². The van der Waals surface area contributed by atoms with Crippen molar-refractivity contribution in [1.82, 2.24) is 19.9 Å². The highest BCUT2D eigenvalue weighted by Gasteiger charge is 2.26. The Morgan fingerprint density at radius 1 is 1.31 bits per heavy atom. The predicted molar refractivity (Wildman–Crippen MR) is 97.0 cm³/mol. The van der Waals surface area contributed by atoms with Gasteiger partial charge in [0.1, 0.15) is 17.3 Å². The Labute approximate surface area is 150 Å². The molecule has 0 unspecified atom stereocenters. The SMILES string of the molecule is Nc1nccnc1C[C@H]1CCCN(C(=O)c2cc3ccc(F)cc3[nH]2)C1. The van der Waals surface area contributed by atoms with Gasteiger partial charge < -0.3 is 15.6 Å². The number of hydrogen-bond donors (Lipinski definition) is 2. The van der Waals surface area contributed by atoms with Crippen LogP contribution in [-0.4, -0.2) is 38.8 Å². The van der Waals surface area contributed by atoms with Crippen LogP contribution in [0, 0.1) is 11.7 Å². The number of benzene rings is 1. The fourth-order valence-electron chi connectivity index (χ4n) is 3.61. The van der Waals surface area contributed by atoms with E-state index in [1.807, 2.05) is 4.90 Å². The molecule has 1 saturated heterocycles. The summed E-state index contributed by atoms with van der Waals surface area (Å²) >= 11 is 0. The Kier molecular flexibility index (Phi) is 4.28. The zero-order chi connectivity index (χ0) is 18.1. The molecule has 0 aliphatic carbocycles. The normalized spacial score (nSPS) is 17.6. The van der Waals surface area contributed by atoms with Gasteiger partial charge in [0.2, 0.25) is 0 Å². The van der Waals surface area contributed by atoms with Crippen LogP contribution in [0.25, 0.3) is 10.9 Å². The average Bonchev–Trinajstić information content (AvgIpc) is 3.06. The van der Waals surface area contributed by atoms with E-state index in [4.69, 9.17) is 5.73 Å². The van der Waals surface area contributed by atoms with Crippen molar-refractivity contribution in [1.29, 1.82) is 0 Å². The summed E-state index contributed by atoms with van der Waals surface area (Å²) in [7, 11) is 0. The van der Waals surface area contributed by atoms with Crippen molar-refractivity contribution in [2.45, 2.75) is 19.3 Å². The number of nitrogens with zero attached hydrogens (tertiary/aromatic N) is 3. The maximum Gasteiger partial charge on any atom is 0.270 e. The van der Waals surface area contributed by atoms with E-state index < -0.39 is 0 Å². The first kappa shape index (κ1) is 16.5. The van der Waals surface area contributed by atoms with Crippen LogP contribution in [-0.2, 0) is 6.42 Å². The lowest BCUT2D eigenvalue weighted by Gasteiger charge is -2.32. The predicted octanol–water partition coefficient (Wildman–Crippen LogP) is 2.77. The van der Waals surface area contributed by atoms with Gasteiger partial charge in [-0.05, 0) is 49.4 Å². The van der Waals surface area contributed by atoms with E-state index in [0.29, 0.717) is 35.9 Å². The average molecular weight is 353 g/mol. The van der Waals surface area contributed by atoms with E-state index in [1.165, 1.54) is 12.1 Å². The number of fused-ring (bicyclic) bond motifs is 1. The van der Waals surface area contributed by atoms with E-state index in [0.717, 1.165) is 30.5 Å². The molecule has 0 spiro atoms. The van der Waals surface area contributed by atoms with Crippen LogP contribution in [0.5, 0.6) is 0 Å². The third-order valence-electron chi connectivity index (χ3n) is 4.91. The number of H-pyrrole nitrogens is 1. The second kappa shape index (κ2) is 6.74. The molecule has 1 amide bonds. The number of nitrogens with one attached hydrogen (secondary N) is 1. The number of rotatable bonds is 3. The van der Waals surface area contributed by atoms with Crippen LogP contribution < -0.4 is 5.73 Å². The Morgan fingerprint density at radius 2 is 2.15 bits per heavy atom. The van der Waals surface area contributed by atoms with Crippen molar-refractivity contribution in [2.24, 2.45) is 5.92 Å². The van der Waals surface area contributed by atoms with Crippen molar-refractivity contribution >= 4 is 22.6 Å². The standard InChI is InChI=1S/C19H20FN5O/c20-14-4-3-13-9-17(24-15(13)10-14)19(26)25-7-1-2-12(11-25)8-16-18(21)23-6-5-22-16/h3-6,9-10,12,24H,1-2,7-8,11H2,(H2,21,23)/t12-/m1/s1. The van der Waals surface area contributed by atoms with Gasteiger partial charge in [-0.1, -0.05) is 0 Å². The van der Waals surface area contributed by atoms with Crippen LogP contribution >= 0.6 is 0 Å². The maximum absolute atomic E-state index is 13.4. The summed E-state index contributed by atoms with van der Waals surface area (Å²) in [6, 6.07) is 6.25. The number of nitrogen functional groups attached to an aromatic ring is 1. The number of halogens is 1. The molecule has 4 rings (SSSR count). The van der Waals surface area contributed by atoms with E-state index in [2.05, 4.69) is 15.0 Å². The highest BCUT2D eigenvalue weighted by atomic mass is 19.1. The number of carbonyl (C=O) groups is 1. The number of aromatic amines is 1. The van der Waals surface area contributed by atoms with Gasteiger partial charge in [-0.2, -0.15) is 0 Å². The van der Waals surface area contributed by atoms with Gasteiger partial charge in [0, 0.05) is 36.4 Å². The zero-order valence-electron chi connectivity index (χ0n) is 14.3. The van der Waals surface area contributed by atoms with Gasteiger partial charge in [0.15, 0.2) is 0 Å². The number of likely N-dealkylation sites (tertiary alicyclic amines) is 1. The summed E-state index contributed by atoms with van der Waals surface area (Å²) in [5.74, 6) is 0.374. The largest absolute Gasteiger partial charge is 0.382 e. The number of carbonyl (C=O) groups excluding carboxylic acids is 1. The summed E-state index contributed by atoms with van der Waals surface area (Å²) in [5.41, 5.74) is 7.80. The van der Waals surface area contributed by atoms with Gasteiger partial charge in [-0.15, -0.1) is 0 Å². The van der Waals surface area contributed by atoms with Crippen molar-refractivity contribution in [3.63, 3.8) is 0 Å². The van der Waals surface area contributed by atoms with Gasteiger partial charge in [-0.3, -0.25) is 9.78 Å². The molecule has 134 valence electrons. The fourth-order valence-corrected chi connectivity index (χ4v) is 3.61. The van der Waals surface area contributed by atoms with Crippen LogP contribution in [0.1, 0.15) is 29.0 Å². The lowest BCUT2D eigenvalue weighted by molar-refractivity contribution is 0.0668. The third kappa shape index (κ3) is 3.24. The molecular weight excluding hydrogens is 333 g/mol. The van der Waals surface area contributed by atoms with E-state index >= 15 is 0 Å². The minimum atomic E-state index is -0.321. The number of nitrogens with two attached hydrogens (primary N) is 1. The second-order valence-electron chi connectivity index (χ2n) is 6.77. The molecule has 1 aliphatic rings. The van der Waals surface area contributed by atoms with Crippen LogP contribution in [0.4, 0.5) is 10.2 Å². The van der Waals surface area contributed by atoms with Gasteiger partial charge in [-0.25, -0.2) is 9.37 Å². The summed E-state index contributed by atoms with van der Waals surface area (Å²) in [5, 5.41) is 0.829. The second-order valence-corrected chi connectivity index (χ2v) is 6.77. The first-order valence-corrected chi connectivity index (χ1v) is 8.73. The molecule has 1 aliphatic heterocycles. The molecule has 2 aromatic heterocycles. The van der Waals surface area contributed by atoms with Gasteiger partial charge in [0.25, 0.3) is 5.91 Å². The van der Waals surface area contributed by atoms with Gasteiger partial charge >= 0.3 is 0 Å². The Morgan fingerprint density at radius 3 is 3.00 bits per heavy atom. The van der Waals surface area contributed by atoms with Crippen LogP contribution in [0.2, 0.25) is 0 Å². The van der Waals surface area contributed by atoms with E-state index in [9.17, 15) is 9.18 Å². The summed E-state index contributed by atoms with van der Waals surface area (Å²) < 4.78 is 13.4. The topological polar surface area (TPSA) is 87.9 Å². The Bertz CT molecular complexity index is 954. The highest BCUT2D eigenvalue weighted by Crippen LogP contribution is 2.24. The molecule has 7 heteroatoms. The number of hydrogen-bond acceptors (Lipinski definition) is 4. The number of aromatic nitrogens is 3. The van der Waals surface area contributed by atoms with Crippen LogP contribution in [0.15, 0.2) is 36.7 Å². The molecule has 3 heterocycles. The molecule has 0 bridgehead atoms. The lowest BCUT2D eigenvalue weighted by Crippen LogP contribution is -2.40. The molecule has 1 atom stereocenters. The minimum Gasteiger partial charge on any atom is -0.382 e. The maximum atomic E-state index is 13.4. The fraction of sp³-hybridized carbons (Fsp3) is 0.316. The summed E-state index contributed by atoms with van der Waals surface area (Å²) in [6.07, 6.45) is 5.89. The van der Waals surface area contributed by atoms with Crippen molar-refractivity contribution in [3.8, 4) is 0 Å². The molecule has 26 heavy (non-hydrogen) atoms. The van der Waals surface area contributed by atoms with E-state index in [-0.39, 0.29) is 11.7 Å². The zero-order valence-corrected chi connectivity index (χ0v) is 14.3.